The molecule has 0 N–H and O–H groups in total. The van der Waals surface area contributed by atoms with Gasteiger partial charge in [0.25, 0.3) is 0 Å². The lowest BCUT2D eigenvalue weighted by molar-refractivity contribution is 1.24. The molecule has 15 aromatic carbocycles. The predicted molar refractivity (Wildman–Crippen MR) is 497 cm³/mol. The van der Waals surface area contributed by atoms with Crippen LogP contribution >= 0.6 is 45.3 Å². The number of rotatable bonds is 13. The van der Waals surface area contributed by atoms with Crippen LogP contribution in [0.2, 0.25) is 0 Å². The lowest BCUT2D eigenvalue weighted by atomic mass is 9.98. The molecular formula is C106H64N8S4. The minimum Gasteiger partial charge on any atom is -0.227 e. The molecular weight excluding hydrogens is 1510 g/mol. The molecule has 0 spiro atoms. The van der Waals surface area contributed by atoms with Crippen molar-refractivity contribution < 1.29 is 0 Å². The molecule has 0 atom stereocenters. The van der Waals surface area contributed by atoms with Crippen LogP contribution in [0.25, 0.3) is 227 Å². The van der Waals surface area contributed by atoms with E-state index in [1.807, 2.05) is 24.3 Å². The first kappa shape index (κ1) is 70.2. The van der Waals surface area contributed by atoms with E-state index in [2.05, 4.69) is 364 Å². The molecule has 0 bridgehead atoms. The zero-order chi connectivity index (χ0) is 78.0. The molecule has 0 aliphatic heterocycles. The molecule has 0 saturated carbocycles. The normalized spacial score (nSPS) is 11.6. The van der Waals surface area contributed by atoms with Crippen molar-refractivity contribution in [2.75, 3.05) is 0 Å². The maximum atomic E-state index is 5.34. The molecule has 0 unspecified atom stereocenters. The molecule has 0 saturated heterocycles. The molecule has 0 aliphatic rings. The van der Waals surface area contributed by atoms with Gasteiger partial charge in [-0.25, -0.2) is 39.9 Å². The van der Waals surface area contributed by atoms with Gasteiger partial charge in [0.15, 0.2) is 23.3 Å². The van der Waals surface area contributed by atoms with Gasteiger partial charge in [-0.2, -0.15) is 0 Å². The first-order valence-corrected chi connectivity index (χ1v) is 42.4. The molecule has 552 valence electrons. The quantitative estimate of drug-likeness (QED) is 0.112. The summed E-state index contributed by atoms with van der Waals surface area (Å²) in [6.45, 7) is 0. The van der Waals surface area contributed by atoms with Crippen LogP contribution in [-0.4, -0.2) is 39.9 Å². The summed E-state index contributed by atoms with van der Waals surface area (Å²) in [6, 6.07) is 136. The standard InChI is InChI=1S/C56H34N4S2.C50H30N4S2/c1-3-13-35(14-4-1)41-17-11-19-43(33-41)53-57-51(49-45-21-7-9-23-47(45)61-55(49)59-53)39-29-25-37(26-30-39)38-27-31-40(32-28-38)52-50-46-22-8-10-24-48(46)62-56(50)60-54(58-52)44-20-12-18-42(34-44)36-15-5-2-6-16-36;1-3-13-31(14-4-1)35-17-11-19-37(29-35)47-51-45(43-39-21-7-9-23-41(39)55-49(43)53-47)33-25-27-34(28-26-33)46-44-40-22-8-10-24-42(40)56-50(44)54-48(52-46)38-20-12-18-36(30-38)32-15-5-2-6-16-32/h1-34H;1-30H. The van der Waals surface area contributed by atoms with Gasteiger partial charge in [-0.15, -0.1) is 45.3 Å². The van der Waals surface area contributed by atoms with Gasteiger partial charge in [-0.05, 0) is 104 Å². The average Bonchev–Trinajstić information content (AvgIpc) is 1.59. The van der Waals surface area contributed by atoms with Gasteiger partial charge < -0.3 is 0 Å². The summed E-state index contributed by atoms with van der Waals surface area (Å²) >= 11 is 6.87. The summed E-state index contributed by atoms with van der Waals surface area (Å²) in [5, 5.41) is 9.03. The topological polar surface area (TPSA) is 103 Å². The van der Waals surface area contributed by atoms with Gasteiger partial charge in [-0.3, -0.25) is 0 Å². The van der Waals surface area contributed by atoms with Crippen molar-refractivity contribution in [1.82, 2.24) is 39.9 Å². The molecule has 118 heavy (non-hydrogen) atoms. The number of nitrogens with zero attached hydrogens (tertiary/aromatic N) is 8. The highest BCUT2D eigenvalue weighted by molar-refractivity contribution is 7.26. The Bertz CT molecular complexity index is 7320. The summed E-state index contributed by atoms with van der Waals surface area (Å²) in [5.74, 6) is 2.87. The van der Waals surface area contributed by atoms with E-state index in [0.29, 0.717) is 11.6 Å². The average molecular weight is 1580 g/mol. The van der Waals surface area contributed by atoms with E-state index in [0.717, 1.165) is 164 Å². The maximum Gasteiger partial charge on any atom is 0.161 e. The van der Waals surface area contributed by atoms with E-state index in [-0.39, 0.29) is 0 Å². The van der Waals surface area contributed by atoms with Crippen LogP contribution in [0.1, 0.15) is 0 Å². The van der Waals surface area contributed by atoms with Crippen LogP contribution in [0.15, 0.2) is 388 Å². The molecule has 0 fully saturated rings. The molecule has 0 amide bonds. The third-order valence-corrected chi connectivity index (χ3v) is 26.2. The fraction of sp³-hybridized carbons (Fsp3) is 0. The second-order valence-electron chi connectivity index (χ2n) is 29.2. The lowest BCUT2D eigenvalue weighted by Crippen LogP contribution is -1.95. The minimum atomic E-state index is 0.713. The van der Waals surface area contributed by atoms with E-state index >= 15 is 0 Å². The highest BCUT2D eigenvalue weighted by Crippen LogP contribution is 2.47. The van der Waals surface area contributed by atoms with Crippen molar-refractivity contribution in [3.8, 4) is 146 Å². The van der Waals surface area contributed by atoms with E-state index in [4.69, 9.17) is 39.9 Å². The molecule has 23 aromatic rings. The fourth-order valence-electron chi connectivity index (χ4n) is 16.1. The van der Waals surface area contributed by atoms with Gasteiger partial charge in [0.1, 0.15) is 19.3 Å². The van der Waals surface area contributed by atoms with Crippen LogP contribution < -0.4 is 0 Å². The molecule has 23 rings (SSSR count). The van der Waals surface area contributed by atoms with E-state index in [1.165, 1.54) is 51.5 Å². The van der Waals surface area contributed by atoms with Crippen molar-refractivity contribution >= 4 is 127 Å². The summed E-state index contributed by atoms with van der Waals surface area (Å²) in [6.07, 6.45) is 0. The Morgan fingerprint density at radius 3 is 0.542 bits per heavy atom. The molecule has 8 aromatic heterocycles. The first-order valence-electron chi connectivity index (χ1n) is 39.2. The van der Waals surface area contributed by atoms with Gasteiger partial charge in [0.05, 0.1) is 22.8 Å². The Morgan fingerprint density at radius 2 is 0.314 bits per heavy atom. The highest BCUT2D eigenvalue weighted by atomic mass is 32.1. The van der Waals surface area contributed by atoms with Crippen LogP contribution in [0, 0.1) is 0 Å². The zero-order valence-corrected chi connectivity index (χ0v) is 66.4. The van der Waals surface area contributed by atoms with Crippen molar-refractivity contribution in [3.63, 3.8) is 0 Å². The lowest BCUT2D eigenvalue weighted by Gasteiger charge is -2.11. The van der Waals surface area contributed by atoms with Gasteiger partial charge in [0, 0.05) is 106 Å². The summed E-state index contributed by atoms with van der Waals surface area (Å²) in [5.41, 5.74) is 23.3. The minimum absolute atomic E-state index is 0.713. The molecule has 0 aliphatic carbocycles. The molecule has 8 heterocycles. The van der Waals surface area contributed by atoms with Crippen molar-refractivity contribution in [2.45, 2.75) is 0 Å². The number of hydrogen-bond donors (Lipinski definition) is 0. The smallest absolute Gasteiger partial charge is 0.161 e. The van der Waals surface area contributed by atoms with Crippen molar-refractivity contribution in [1.29, 1.82) is 0 Å². The monoisotopic (exact) mass is 1580 g/mol. The summed E-state index contributed by atoms with van der Waals surface area (Å²) in [7, 11) is 0. The fourth-order valence-corrected chi connectivity index (χ4v) is 20.4. The van der Waals surface area contributed by atoms with Crippen LogP contribution in [0.4, 0.5) is 0 Å². The Labute approximate surface area is 695 Å². The number of benzene rings is 15. The Kier molecular flexibility index (Phi) is 17.9. The third-order valence-electron chi connectivity index (χ3n) is 21.9. The largest absolute Gasteiger partial charge is 0.227 e. The van der Waals surface area contributed by atoms with E-state index < -0.39 is 0 Å². The summed E-state index contributed by atoms with van der Waals surface area (Å²) < 4.78 is 4.80. The second-order valence-corrected chi connectivity index (χ2v) is 33.3. The number of hydrogen-bond acceptors (Lipinski definition) is 12. The summed E-state index contributed by atoms with van der Waals surface area (Å²) in [4.78, 5) is 46.0. The third kappa shape index (κ3) is 13.1. The van der Waals surface area contributed by atoms with Crippen molar-refractivity contribution in [2.24, 2.45) is 0 Å². The Hall–Kier alpha value is -14.5. The predicted octanol–water partition coefficient (Wildman–Crippen LogP) is 29.7. The molecule has 0 radical (unpaired) electrons. The molecule has 12 heteroatoms. The molecule has 8 nitrogen and oxygen atoms in total. The van der Waals surface area contributed by atoms with Crippen LogP contribution in [0.3, 0.4) is 0 Å². The van der Waals surface area contributed by atoms with Gasteiger partial charge in [-0.1, -0.05) is 340 Å². The Balaban J connectivity index is 0.000000143. The zero-order valence-electron chi connectivity index (χ0n) is 63.2. The SMILES string of the molecule is c1ccc(-c2cccc(-c3nc(-c4ccc(-c5ccc(-c6nc(-c7cccc(-c8ccccc8)c7)nc7sc8ccccc8c67)cc5)cc4)c4c(n3)sc3ccccc34)c2)cc1.c1ccc(-c2cccc(-c3nc(-c4ccc(-c5nc(-c6cccc(-c7ccccc7)c6)nc6sc7ccccc7c56)cc4)c4c(n3)sc3ccccc34)c2)cc1. The number of aromatic nitrogens is 8. The number of thiophene rings is 4. The van der Waals surface area contributed by atoms with Crippen molar-refractivity contribution in [3.05, 3.63) is 388 Å². The number of fused-ring (bicyclic) bond motifs is 12. The van der Waals surface area contributed by atoms with Gasteiger partial charge >= 0.3 is 0 Å². The second kappa shape index (κ2) is 30.0. The highest BCUT2D eigenvalue weighted by Gasteiger charge is 2.24. The Morgan fingerprint density at radius 1 is 0.136 bits per heavy atom. The van der Waals surface area contributed by atoms with E-state index in [1.54, 1.807) is 45.3 Å². The first-order chi connectivity index (χ1) is 58.4. The van der Waals surface area contributed by atoms with Crippen LogP contribution in [-0.2, 0) is 0 Å². The maximum absolute atomic E-state index is 5.34. The van der Waals surface area contributed by atoms with Crippen LogP contribution in [0.5, 0.6) is 0 Å². The van der Waals surface area contributed by atoms with Gasteiger partial charge in [0.2, 0.25) is 0 Å². The van der Waals surface area contributed by atoms with E-state index in [9.17, 15) is 0 Å².